The van der Waals surface area contributed by atoms with Crippen LogP contribution in [0.2, 0.25) is 0 Å². The zero-order valence-electron chi connectivity index (χ0n) is 14.0. The fourth-order valence-corrected chi connectivity index (χ4v) is 2.25. The Balaban J connectivity index is 5.32. The van der Waals surface area contributed by atoms with Crippen LogP contribution in [-0.4, -0.2) is 12.3 Å². The van der Waals surface area contributed by atoms with Crippen molar-refractivity contribution in [2.45, 2.75) is 74.1 Å². The first-order valence-electron chi connectivity index (χ1n) is 6.93. The fraction of sp³-hybridized carbons (Fsp3) is 0.875. The molecule has 0 aromatic rings. The van der Waals surface area contributed by atoms with E-state index in [4.69, 9.17) is 4.74 Å². The first kappa shape index (κ1) is 19.3. The van der Waals surface area contributed by atoms with E-state index < -0.39 is 17.7 Å². The standard InChI is InChI=1S/C16H29F3O/c1-11(20-12(2)16(17,18)19)15(9,14(6,7)8)10-13(3,4)5/h12H,1,10H2,2-9H3. The van der Waals surface area contributed by atoms with E-state index in [1.165, 1.54) is 0 Å². The molecule has 1 nitrogen and oxygen atoms in total. The van der Waals surface area contributed by atoms with E-state index in [2.05, 4.69) is 27.4 Å². The highest BCUT2D eigenvalue weighted by Gasteiger charge is 2.46. The summed E-state index contributed by atoms with van der Waals surface area (Å²) in [4.78, 5) is 0. The van der Waals surface area contributed by atoms with E-state index >= 15 is 0 Å². The zero-order valence-corrected chi connectivity index (χ0v) is 14.0. The van der Waals surface area contributed by atoms with E-state index in [-0.39, 0.29) is 16.6 Å². The minimum Gasteiger partial charge on any atom is -0.486 e. The van der Waals surface area contributed by atoms with Crippen LogP contribution in [0.3, 0.4) is 0 Å². The molecule has 0 aromatic carbocycles. The molecule has 2 atom stereocenters. The topological polar surface area (TPSA) is 9.23 Å². The van der Waals surface area contributed by atoms with Gasteiger partial charge in [0.15, 0.2) is 6.10 Å². The third-order valence-electron chi connectivity index (χ3n) is 3.93. The minimum absolute atomic E-state index is 0.0319. The monoisotopic (exact) mass is 294 g/mol. The van der Waals surface area contributed by atoms with Crippen molar-refractivity contribution in [3.05, 3.63) is 12.3 Å². The molecule has 0 rings (SSSR count). The van der Waals surface area contributed by atoms with Crippen LogP contribution in [-0.2, 0) is 4.74 Å². The molecule has 2 unspecified atom stereocenters. The average Bonchev–Trinajstić information content (AvgIpc) is 2.10. The molecule has 0 spiro atoms. The zero-order chi connectivity index (χ0) is 16.6. The molecule has 120 valence electrons. The van der Waals surface area contributed by atoms with Crippen molar-refractivity contribution in [1.29, 1.82) is 0 Å². The molecule has 0 radical (unpaired) electrons. The van der Waals surface area contributed by atoms with Gasteiger partial charge in [-0.15, -0.1) is 0 Å². The number of alkyl halides is 3. The normalized spacial score (nSPS) is 18.4. The Bertz CT molecular complexity index is 344. The van der Waals surface area contributed by atoms with Crippen molar-refractivity contribution in [3.63, 3.8) is 0 Å². The molecule has 0 aliphatic heterocycles. The third kappa shape index (κ3) is 5.02. The Hall–Kier alpha value is -0.670. The molecular weight excluding hydrogens is 265 g/mol. The Morgan fingerprint density at radius 1 is 1.00 bits per heavy atom. The molecule has 0 fully saturated rings. The van der Waals surface area contributed by atoms with Crippen LogP contribution in [0.1, 0.15) is 61.8 Å². The second kappa shape index (κ2) is 5.61. The Morgan fingerprint density at radius 2 is 1.40 bits per heavy atom. The number of ether oxygens (including phenoxy) is 1. The first-order valence-corrected chi connectivity index (χ1v) is 6.93. The number of halogens is 3. The summed E-state index contributed by atoms with van der Waals surface area (Å²) in [5.74, 6) is 0.213. The van der Waals surface area contributed by atoms with Crippen LogP contribution in [0.25, 0.3) is 0 Å². The smallest absolute Gasteiger partial charge is 0.425 e. The molecule has 0 bridgehead atoms. The summed E-state index contributed by atoms with van der Waals surface area (Å²) in [6.07, 6.45) is -5.51. The summed E-state index contributed by atoms with van der Waals surface area (Å²) in [6, 6.07) is 0. The van der Waals surface area contributed by atoms with Gasteiger partial charge in [-0.05, 0) is 24.2 Å². The van der Waals surface area contributed by atoms with E-state index in [1.807, 2.05) is 27.7 Å². The third-order valence-corrected chi connectivity index (χ3v) is 3.93. The van der Waals surface area contributed by atoms with Crippen molar-refractivity contribution in [1.82, 2.24) is 0 Å². The molecule has 0 aromatic heterocycles. The first-order chi connectivity index (χ1) is 8.51. The van der Waals surface area contributed by atoms with Crippen molar-refractivity contribution in [3.8, 4) is 0 Å². The van der Waals surface area contributed by atoms with Crippen LogP contribution in [0.4, 0.5) is 13.2 Å². The van der Waals surface area contributed by atoms with Gasteiger partial charge in [0.2, 0.25) is 0 Å². The van der Waals surface area contributed by atoms with Gasteiger partial charge in [0.25, 0.3) is 0 Å². The van der Waals surface area contributed by atoms with Gasteiger partial charge in [0.05, 0.1) is 5.76 Å². The predicted octanol–water partition coefficient (Wildman–Crippen LogP) is 5.96. The summed E-state index contributed by atoms with van der Waals surface area (Å²) in [7, 11) is 0. The molecule has 0 amide bonds. The molecule has 0 aliphatic carbocycles. The maximum absolute atomic E-state index is 12.7. The molecule has 0 aliphatic rings. The highest BCUT2D eigenvalue weighted by molar-refractivity contribution is 5.09. The number of allylic oxidation sites excluding steroid dienone is 1. The van der Waals surface area contributed by atoms with Crippen molar-refractivity contribution in [2.75, 3.05) is 0 Å². The van der Waals surface area contributed by atoms with Gasteiger partial charge >= 0.3 is 6.18 Å². The second-order valence-electron chi connectivity index (χ2n) is 8.04. The Morgan fingerprint density at radius 3 is 1.65 bits per heavy atom. The van der Waals surface area contributed by atoms with Crippen LogP contribution in [0.5, 0.6) is 0 Å². The number of hydrogen-bond acceptors (Lipinski definition) is 1. The lowest BCUT2D eigenvalue weighted by Crippen LogP contribution is -2.41. The molecule has 4 heteroatoms. The van der Waals surface area contributed by atoms with E-state index in [9.17, 15) is 13.2 Å². The molecular formula is C16H29F3O. The lowest BCUT2D eigenvalue weighted by molar-refractivity contribution is -0.210. The van der Waals surface area contributed by atoms with Gasteiger partial charge in [-0.1, -0.05) is 55.0 Å². The number of rotatable bonds is 4. The summed E-state index contributed by atoms with van der Waals surface area (Å²) >= 11 is 0. The van der Waals surface area contributed by atoms with Crippen LogP contribution >= 0.6 is 0 Å². The van der Waals surface area contributed by atoms with Crippen LogP contribution in [0.15, 0.2) is 12.3 Å². The van der Waals surface area contributed by atoms with E-state index in [1.54, 1.807) is 0 Å². The van der Waals surface area contributed by atoms with Crippen LogP contribution in [0, 0.1) is 16.2 Å². The van der Waals surface area contributed by atoms with Crippen molar-refractivity contribution in [2.24, 2.45) is 16.2 Å². The average molecular weight is 294 g/mol. The van der Waals surface area contributed by atoms with Gasteiger partial charge in [-0.2, -0.15) is 13.2 Å². The molecule has 0 saturated carbocycles. The largest absolute Gasteiger partial charge is 0.486 e. The maximum atomic E-state index is 12.7. The molecule has 20 heavy (non-hydrogen) atoms. The fourth-order valence-electron chi connectivity index (χ4n) is 2.25. The summed E-state index contributed by atoms with van der Waals surface area (Å²) in [6.45, 7) is 19.0. The lowest BCUT2D eigenvalue weighted by atomic mass is 9.60. The number of hydrogen-bond donors (Lipinski definition) is 0. The van der Waals surface area contributed by atoms with Crippen molar-refractivity contribution >= 4 is 0 Å². The quantitative estimate of drug-likeness (QED) is 0.582. The molecule has 0 heterocycles. The SMILES string of the molecule is C=C(OC(C)C(F)(F)F)C(C)(CC(C)(C)C)C(C)(C)C. The van der Waals surface area contributed by atoms with Gasteiger partial charge in [0.1, 0.15) is 0 Å². The van der Waals surface area contributed by atoms with Gasteiger partial charge in [0, 0.05) is 5.41 Å². The maximum Gasteiger partial charge on any atom is 0.425 e. The summed E-state index contributed by atoms with van der Waals surface area (Å²) < 4.78 is 43.1. The minimum atomic E-state index is -4.37. The molecule has 0 N–H and O–H groups in total. The lowest BCUT2D eigenvalue weighted by Gasteiger charge is -2.47. The highest BCUT2D eigenvalue weighted by atomic mass is 19.4. The van der Waals surface area contributed by atoms with Gasteiger partial charge in [-0.3, -0.25) is 0 Å². The van der Waals surface area contributed by atoms with Crippen molar-refractivity contribution < 1.29 is 17.9 Å². The van der Waals surface area contributed by atoms with E-state index in [0.29, 0.717) is 6.42 Å². The Labute approximate surface area is 121 Å². The summed E-state index contributed by atoms with van der Waals surface area (Å²) in [5, 5.41) is 0. The van der Waals surface area contributed by atoms with Gasteiger partial charge < -0.3 is 4.74 Å². The van der Waals surface area contributed by atoms with Crippen LogP contribution < -0.4 is 0 Å². The Kier molecular flexibility index (Phi) is 5.42. The molecule has 0 saturated heterocycles. The second-order valence-corrected chi connectivity index (χ2v) is 8.04. The summed E-state index contributed by atoms with van der Waals surface area (Å²) in [5.41, 5.74) is -0.816. The van der Waals surface area contributed by atoms with E-state index in [0.717, 1.165) is 6.92 Å². The predicted molar refractivity (Wildman–Crippen MR) is 77.4 cm³/mol. The highest BCUT2D eigenvalue weighted by Crippen LogP contribution is 2.51. The van der Waals surface area contributed by atoms with Gasteiger partial charge in [-0.25, -0.2) is 0 Å².